The predicted octanol–water partition coefficient (Wildman–Crippen LogP) is 2.40. The van der Waals surface area contributed by atoms with Gasteiger partial charge in [0, 0.05) is 18.6 Å². The monoisotopic (exact) mass is 262 g/mol. The van der Waals surface area contributed by atoms with E-state index in [-0.39, 0.29) is 6.04 Å². The molecule has 3 aliphatic rings. The van der Waals surface area contributed by atoms with Crippen LogP contribution in [0.15, 0.2) is 0 Å². The Hall–Kier alpha value is -0.290. The Bertz CT molecular complexity index is 301. The molecule has 1 aliphatic heterocycles. The van der Waals surface area contributed by atoms with Crippen LogP contribution >= 0.6 is 0 Å². The van der Waals surface area contributed by atoms with Gasteiger partial charge in [-0.15, -0.1) is 0 Å². The van der Waals surface area contributed by atoms with Crippen molar-refractivity contribution >= 4 is 0 Å². The van der Waals surface area contributed by atoms with Crippen molar-refractivity contribution in [2.24, 2.45) is 11.8 Å². The van der Waals surface area contributed by atoms with E-state index in [2.05, 4.69) is 5.32 Å². The quantitative estimate of drug-likeness (QED) is 0.837. The lowest BCUT2D eigenvalue weighted by atomic mass is 9.94. The molecule has 104 valence electrons. The van der Waals surface area contributed by atoms with Crippen molar-refractivity contribution in [2.45, 2.75) is 50.4 Å². The SMILES string of the molecule is FC(F)(F)CN(CC1NCC2CCCC21)C1CC1. The smallest absolute Gasteiger partial charge is 0.312 e. The van der Waals surface area contributed by atoms with Gasteiger partial charge in [0.05, 0.1) is 6.54 Å². The molecule has 1 N–H and O–H groups in total. The number of hydrogen-bond donors (Lipinski definition) is 1. The minimum absolute atomic E-state index is 0.189. The number of halogens is 3. The summed E-state index contributed by atoms with van der Waals surface area (Å²) in [4.78, 5) is 1.67. The molecule has 0 amide bonds. The van der Waals surface area contributed by atoms with Crippen LogP contribution in [0, 0.1) is 11.8 Å². The van der Waals surface area contributed by atoms with E-state index in [4.69, 9.17) is 0 Å². The molecule has 1 heterocycles. The Morgan fingerprint density at radius 2 is 1.89 bits per heavy atom. The highest BCUT2D eigenvalue weighted by Gasteiger charge is 2.43. The maximum Gasteiger partial charge on any atom is 0.401 e. The second-order valence-electron chi connectivity index (χ2n) is 6.15. The van der Waals surface area contributed by atoms with Gasteiger partial charge in [-0.1, -0.05) is 6.42 Å². The highest BCUT2D eigenvalue weighted by molar-refractivity contribution is 4.97. The lowest BCUT2D eigenvalue weighted by Crippen LogP contribution is -2.45. The lowest BCUT2D eigenvalue weighted by molar-refractivity contribution is -0.148. The lowest BCUT2D eigenvalue weighted by Gasteiger charge is -2.29. The summed E-state index contributed by atoms with van der Waals surface area (Å²) < 4.78 is 37.7. The molecule has 0 bridgehead atoms. The molecular weight excluding hydrogens is 241 g/mol. The molecule has 0 radical (unpaired) electrons. The number of fused-ring (bicyclic) bond motifs is 1. The van der Waals surface area contributed by atoms with E-state index in [0.717, 1.165) is 25.3 Å². The third-order valence-electron chi connectivity index (χ3n) is 4.75. The molecule has 3 unspecified atom stereocenters. The zero-order valence-corrected chi connectivity index (χ0v) is 10.5. The molecule has 2 aliphatic carbocycles. The van der Waals surface area contributed by atoms with Gasteiger partial charge in [0.15, 0.2) is 0 Å². The molecule has 0 aromatic carbocycles. The van der Waals surface area contributed by atoms with Crippen molar-refractivity contribution < 1.29 is 13.2 Å². The predicted molar refractivity (Wildman–Crippen MR) is 63.3 cm³/mol. The van der Waals surface area contributed by atoms with E-state index in [1.165, 1.54) is 19.3 Å². The molecule has 1 saturated heterocycles. The summed E-state index contributed by atoms with van der Waals surface area (Å²) in [6.45, 7) is 0.873. The van der Waals surface area contributed by atoms with Crippen molar-refractivity contribution in [1.82, 2.24) is 10.2 Å². The maximum absolute atomic E-state index is 12.6. The standard InChI is InChI=1S/C13H21F3N2/c14-13(15,16)8-18(10-4-5-10)7-12-11-3-1-2-9(11)6-17-12/h9-12,17H,1-8H2. The first kappa shape index (κ1) is 12.7. The summed E-state index contributed by atoms with van der Waals surface area (Å²) in [7, 11) is 0. The summed E-state index contributed by atoms with van der Waals surface area (Å²) in [6, 6.07) is 0.481. The van der Waals surface area contributed by atoms with E-state index in [1.807, 2.05) is 0 Å². The van der Waals surface area contributed by atoms with Crippen LogP contribution in [0.3, 0.4) is 0 Å². The fraction of sp³-hybridized carbons (Fsp3) is 1.00. The van der Waals surface area contributed by atoms with Gasteiger partial charge in [-0.05, 0) is 44.1 Å². The van der Waals surface area contributed by atoms with Crippen LogP contribution in [0.4, 0.5) is 13.2 Å². The minimum atomic E-state index is -4.06. The second kappa shape index (κ2) is 4.67. The summed E-state index contributed by atoms with van der Waals surface area (Å²) >= 11 is 0. The van der Waals surface area contributed by atoms with Gasteiger partial charge in [0.2, 0.25) is 0 Å². The Kier molecular flexibility index (Phi) is 3.30. The summed E-state index contributed by atoms with van der Waals surface area (Å²) in [5.41, 5.74) is 0. The molecule has 0 spiro atoms. The van der Waals surface area contributed by atoms with Crippen LogP contribution < -0.4 is 5.32 Å². The second-order valence-corrected chi connectivity index (χ2v) is 6.15. The molecule has 0 aromatic rings. The van der Waals surface area contributed by atoms with E-state index in [0.29, 0.717) is 18.5 Å². The third-order valence-corrected chi connectivity index (χ3v) is 4.75. The van der Waals surface area contributed by atoms with Crippen LogP contribution in [-0.2, 0) is 0 Å². The van der Waals surface area contributed by atoms with E-state index in [1.54, 1.807) is 4.90 Å². The Labute approximate surface area is 106 Å². The van der Waals surface area contributed by atoms with Gasteiger partial charge < -0.3 is 5.32 Å². The highest BCUT2D eigenvalue weighted by atomic mass is 19.4. The van der Waals surface area contributed by atoms with Crippen molar-refractivity contribution in [3.63, 3.8) is 0 Å². The van der Waals surface area contributed by atoms with Gasteiger partial charge in [-0.2, -0.15) is 13.2 Å². The van der Waals surface area contributed by atoms with Gasteiger partial charge in [0.25, 0.3) is 0 Å². The Balaban J connectivity index is 1.59. The molecular formula is C13H21F3N2. The molecule has 18 heavy (non-hydrogen) atoms. The van der Waals surface area contributed by atoms with Crippen LogP contribution in [0.25, 0.3) is 0 Å². The van der Waals surface area contributed by atoms with Gasteiger partial charge >= 0.3 is 6.18 Å². The average molecular weight is 262 g/mol. The van der Waals surface area contributed by atoms with Crippen molar-refractivity contribution in [3.8, 4) is 0 Å². The number of nitrogens with zero attached hydrogens (tertiary/aromatic N) is 1. The number of rotatable bonds is 4. The molecule has 2 nitrogen and oxygen atoms in total. The number of alkyl halides is 3. The highest BCUT2D eigenvalue weighted by Crippen LogP contribution is 2.39. The first-order valence-electron chi connectivity index (χ1n) is 7.07. The fourth-order valence-corrected chi connectivity index (χ4v) is 3.77. The summed E-state index contributed by atoms with van der Waals surface area (Å²) in [5.74, 6) is 1.35. The van der Waals surface area contributed by atoms with Gasteiger partial charge in [-0.3, -0.25) is 4.90 Å². The van der Waals surface area contributed by atoms with Crippen LogP contribution in [0.5, 0.6) is 0 Å². The Morgan fingerprint density at radius 1 is 1.11 bits per heavy atom. The number of nitrogens with one attached hydrogen (secondary N) is 1. The van der Waals surface area contributed by atoms with Crippen LogP contribution in [-0.4, -0.2) is 42.8 Å². The first-order chi connectivity index (χ1) is 8.53. The molecule has 3 atom stereocenters. The van der Waals surface area contributed by atoms with Crippen LogP contribution in [0.2, 0.25) is 0 Å². The summed E-state index contributed by atoms with van der Waals surface area (Å²) in [6.07, 6.45) is 1.55. The Morgan fingerprint density at radius 3 is 2.56 bits per heavy atom. The van der Waals surface area contributed by atoms with E-state index >= 15 is 0 Å². The fourth-order valence-electron chi connectivity index (χ4n) is 3.77. The van der Waals surface area contributed by atoms with Crippen molar-refractivity contribution in [1.29, 1.82) is 0 Å². The molecule has 3 rings (SSSR count). The molecule has 2 saturated carbocycles. The van der Waals surface area contributed by atoms with Gasteiger partial charge in [0.1, 0.15) is 0 Å². The van der Waals surface area contributed by atoms with Crippen LogP contribution in [0.1, 0.15) is 32.1 Å². The third kappa shape index (κ3) is 2.82. The number of hydrogen-bond acceptors (Lipinski definition) is 2. The molecule has 3 fully saturated rings. The summed E-state index contributed by atoms with van der Waals surface area (Å²) in [5, 5.41) is 3.45. The van der Waals surface area contributed by atoms with Crippen molar-refractivity contribution in [3.05, 3.63) is 0 Å². The van der Waals surface area contributed by atoms with Gasteiger partial charge in [-0.25, -0.2) is 0 Å². The molecule has 5 heteroatoms. The van der Waals surface area contributed by atoms with Crippen molar-refractivity contribution in [2.75, 3.05) is 19.6 Å². The first-order valence-corrected chi connectivity index (χ1v) is 7.07. The largest absolute Gasteiger partial charge is 0.401 e. The zero-order chi connectivity index (χ0) is 12.8. The zero-order valence-electron chi connectivity index (χ0n) is 10.5. The van der Waals surface area contributed by atoms with E-state index in [9.17, 15) is 13.2 Å². The topological polar surface area (TPSA) is 15.3 Å². The normalized spacial score (nSPS) is 36.3. The minimum Gasteiger partial charge on any atom is -0.312 e. The average Bonchev–Trinajstić information content (AvgIpc) is 2.88. The molecule has 0 aromatic heterocycles. The van der Waals surface area contributed by atoms with E-state index < -0.39 is 12.7 Å². The maximum atomic E-state index is 12.6.